The third-order valence-corrected chi connectivity index (χ3v) is 3.44. The van der Waals surface area contributed by atoms with Crippen LogP contribution in [0.3, 0.4) is 0 Å². The molecular formula is C17H19FN2O2. The molecule has 1 amide bonds. The summed E-state index contributed by atoms with van der Waals surface area (Å²) in [7, 11) is 0. The fourth-order valence-corrected chi connectivity index (χ4v) is 2.22. The second kappa shape index (κ2) is 7.66. The van der Waals surface area contributed by atoms with Gasteiger partial charge >= 0.3 is 0 Å². The van der Waals surface area contributed by atoms with E-state index < -0.39 is 11.9 Å². The zero-order chi connectivity index (χ0) is 15.9. The Labute approximate surface area is 129 Å². The van der Waals surface area contributed by atoms with Crippen molar-refractivity contribution in [1.29, 1.82) is 0 Å². The average molecular weight is 302 g/mol. The first-order valence-electron chi connectivity index (χ1n) is 7.16. The van der Waals surface area contributed by atoms with E-state index in [0.29, 0.717) is 12.0 Å². The lowest BCUT2D eigenvalue weighted by Gasteiger charge is -2.14. The second-order valence-electron chi connectivity index (χ2n) is 5.19. The van der Waals surface area contributed by atoms with Crippen molar-refractivity contribution in [3.63, 3.8) is 0 Å². The van der Waals surface area contributed by atoms with Crippen LogP contribution >= 0.6 is 0 Å². The Bertz CT molecular complexity index is 646. The van der Waals surface area contributed by atoms with Crippen molar-refractivity contribution < 1.29 is 14.3 Å². The van der Waals surface area contributed by atoms with Crippen molar-refractivity contribution in [3.8, 4) is 0 Å². The van der Waals surface area contributed by atoms with Gasteiger partial charge < -0.3 is 10.4 Å². The van der Waals surface area contributed by atoms with Crippen molar-refractivity contribution in [2.45, 2.75) is 25.9 Å². The molecule has 116 valence electrons. The second-order valence-corrected chi connectivity index (χ2v) is 5.19. The van der Waals surface area contributed by atoms with Gasteiger partial charge in [-0.3, -0.25) is 9.78 Å². The number of pyridine rings is 1. The maximum atomic E-state index is 13.0. The van der Waals surface area contributed by atoms with E-state index in [4.69, 9.17) is 0 Å². The Morgan fingerprint density at radius 2 is 2.14 bits per heavy atom. The van der Waals surface area contributed by atoms with Crippen LogP contribution < -0.4 is 5.32 Å². The van der Waals surface area contributed by atoms with Gasteiger partial charge in [-0.2, -0.15) is 0 Å². The third-order valence-electron chi connectivity index (χ3n) is 3.44. The van der Waals surface area contributed by atoms with Crippen molar-refractivity contribution in [3.05, 3.63) is 65.2 Å². The topological polar surface area (TPSA) is 62.2 Å². The minimum atomic E-state index is -0.735. The van der Waals surface area contributed by atoms with Crippen molar-refractivity contribution >= 4 is 5.91 Å². The molecule has 0 radical (unpaired) electrons. The number of rotatable bonds is 6. The molecule has 2 rings (SSSR count). The highest BCUT2D eigenvalue weighted by molar-refractivity contribution is 5.76. The van der Waals surface area contributed by atoms with Crippen LogP contribution in [0.4, 0.5) is 4.39 Å². The maximum absolute atomic E-state index is 13.0. The molecule has 0 saturated heterocycles. The highest BCUT2D eigenvalue weighted by atomic mass is 19.1. The van der Waals surface area contributed by atoms with Gasteiger partial charge in [0.05, 0.1) is 12.3 Å². The zero-order valence-corrected chi connectivity index (χ0v) is 12.4. The number of aliphatic hydroxyl groups is 1. The van der Waals surface area contributed by atoms with E-state index in [-0.39, 0.29) is 18.9 Å². The van der Waals surface area contributed by atoms with Crippen molar-refractivity contribution in [2.24, 2.45) is 0 Å². The lowest BCUT2D eigenvalue weighted by molar-refractivity contribution is -0.121. The van der Waals surface area contributed by atoms with E-state index in [1.807, 2.05) is 31.2 Å². The van der Waals surface area contributed by atoms with Gasteiger partial charge in [0, 0.05) is 19.2 Å². The van der Waals surface area contributed by atoms with Crippen LogP contribution in [0.5, 0.6) is 0 Å². The molecular weight excluding hydrogens is 283 g/mol. The van der Waals surface area contributed by atoms with Gasteiger partial charge in [0.2, 0.25) is 5.91 Å². The minimum Gasteiger partial charge on any atom is -0.387 e. The molecule has 0 spiro atoms. The first-order chi connectivity index (χ1) is 10.6. The molecule has 0 aliphatic rings. The molecule has 1 aromatic carbocycles. The summed E-state index contributed by atoms with van der Waals surface area (Å²) >= 11 is 0. The summed E-state index contributed by atoms with van der Waals surface area (Å²) in [4.78, 5) is 15.5. The monoisotopic (exact) mass is 302 g/mol. The normalized spacial score (nSPS) is 12.0. The van der Waals surface area contributed by atoms with Crippen molar-refractivity contribution in [1.82, 2.24) is 10.3 Å². The Balaban J connectivity index is 1.79. The van der Waals surface area contributed by atoms with E-state index in [0.717, 1.165) is 17.3 Å². The minimum absolute atomic E-state index is 0.158. The lowest BCUT2D eigenvalue weighted by Crippen LogP contribution is -2.28. The lowest BCUT2D eigenvalue weighted by atomic mass is 10.0. The summed E-state index contributed by atoms with van der Waals surface area (Å²) in [6, 6.07) is 8.87. The smallest absolute Gasteiger partial charge is 0.220 e. The highest BCUT2D eigenvalue weighted by Crippen LogP contribution is 2.16. The number of amides is 1. The number of nitrogens with one attached hydrogen (secondary N) is 1. The van der Waals surface area contributed by atoms with Crippen molar-refractivity contribution in [2.75, 3.05) is 6.54 Å². The summed E-state index contributed by atoms with van der Waals surface area (Å²) < 4.78 is 13.0. The Morgan fingerprint density at radius 3 is 2.86 bits per heavy atom. The molecule has 2 N–H and O–H groups in total. The van der Waals surface area contributed by atoms with Gasteiger partial charge in [-0.25, -0.2) is 4.39 Å². The molecule has 0 saturated carbocycles. The molecule has 0 bridgehead atoms. The SMILES string of the molecule is Cc1ccccc1C(O)CNC(=O)CCc1cncc(F)c1. The standard InChI is InChI=1S/C17H19FN2O2/c1-12-4-2-3-5-15(12)16(21)11-20-17(22)7-6-13-8-14(18)10-19-9-13/h2-5,8-10,16,21H,6-7,11H2,1H3,(H,20,22). The van der Waals surface area contributed by atoms with Gasteiger partial charge in [0.15, 0.2) is 0 Å². The van der Waals surface area contributed by atoms with Crippen LogP contribution in [0.15, 0.2) is 42.7 Å². The molecule has 1 atom stereocenters. The molecule has 22 heavy (non-hydrogen) atoms. The van der Waals surface area contributed by atoms with Gasteiger partial charge in [-0.1, -0.05) is 24.3 Å². The van der Waals surface area contributed by atoms with Gasteiger partial charge in [0.25, 0.3) is 0 Å². The molecule has 1 aromatic heterocycles. The van der Waals surface area contributed by atoms with E-state index in [9.17, 15) is 14.3 Å². The molecule has 0 aliphatic carbocycles. The van der Waals surface area contributed by atoms with Crippen LogP contribution in [-0.4, -0.2) is 22.5 Å². The third kappa shape index (κ3) is 4.63. The van der Waals surface area contributed by atoms with Gasteiger partial charge in [0.1, 0.15) is 5.82 Å². The molecule has 0 aliphatic heterocycles. The largest absolute Gasteiger partial charge is 0.387 e. The number of carbonyl (C=O) groups excluding carboxylic acids is 1. The summed E-state index contributed by atoms with van der Waals surface area (Å²) in [6.07, 6.45) is 2.57. The summed E-state index contributed by atoms with van der Waals surface area (Å²) in [6.45, 7) is 2.07. The van der Waals surface area contributed by atoms with Crippen LogP contribution in [0.1, 0.15) is 29.2 Å². The number of halogens is 1. The molecule has 1 heterocycles. The number of carbonyl (C=O) groups is 1. The summed E-state index contributed by atoms with van der Waals surface area (Å²) in [5.74, 6) is -0.593. The quantitative estimate of drug-likeness (QED) is 0.861. The fourth-order valence-electron chi connectivity index (χ4n) is 2.22. The number of hydrogen-bond acceptors (Lipinski definition) is 3. The Morgan fingerprint density at radius 1 is 1.36 bits per heavy atom. The van der Waals surface area contributed by atoms with Crippen LogP contribution in [-0.2, 0) is 11.2 Å². The first-order valence-corrected chi connectivity index (χ1v) is 7.16. The maximum Gasteiger partial charge on any atom is 0.220 e. The highest BCUT2D eigenvalue weighted by Gasteiger charge is 2.11. The van der Waals surface area contributed by atoms with Gasteiger partial charge in [-0.15, -0.1) is 0 Å². The molecule has 2 aromatic rings. The predicted octanol–water partition coefficient (Wildman–Crippen LogP) is 2.31. The van der Waals surface area contributed by atoms with E-state index in [2.05, 4.69) is 10.3 Å². The fraction of sp³-hybridized carbons (Fsp3) is 0.294. The number of aliphatic hydroxyl groups excluding tert-OH is 1. The van der Waals surface area contributed by atoms with E-state index in [1.54, 1.807) is 6.20 Å². The molecule has 5 heteroatoms. The predicted molar refractivity (Wildman–Crippen MR) is 81.7 cm³/mol. The zero-order valence-electron chi connectivity index (χ0n) is 12.4. The average Bonchev–Trinajstić information content (AvgIpc) is 2.51. The number of aryl methyl sites for hydroxylation is 2. The van der Waals surface area contributed by atoms with Crippen LogP contribution in [0, 0.1) is 12.7 Å². The molecule has 1 unspecified atom stereocenters. The van der Waals surface area contributed by atoms with Crippen LogP contribution in [0.2, 0.25) is 0 Å². The molecule has 4 nitrogen and oxygen atoms in total. The number of benzene rings is 1. The number of aromatic nitrogens is 1. The number of hydrogen-bond donors (Lipinski definition) is 2. The Hall–Kier alpha value is -2.27. The summed E-state index contributed by atoms with van der Waals surface area (Å²) in [5, 5.41) is 12.8. The van der Waals surface area contributed by atoms with E-state index in [1.165, 1.54) is 6.07 Å². The molecule has 0 fully saturated rings. The number of nitrogens with zero attached hydrogens (tertiary/aromatic N) is 1. The Kier molecular flexibility index (Phi) is 5.61. The van der Waals surface area contributed by atoms with Crippen LogP contribution in [0.25, 0.3) is 0 Å². The summed E-state index contributed by atoms with van der Waals surface area (Å²) in [5.41, 5.74) is 2.46. The van der Waals surface area contributed by atoms with E-state index >= 15 is 0 Å². The first kappa shape index (κ1) is 16.1. The van der Waals surface area contributed by atoms with Gasteiger partial charge in [-0.05, 0) is 36.1 Å².